The van der Waals surface area contributed by atoms with Gasteiger partial charge in [0.1, 0.15) is 0 Å². The maximum absolute atomic E-state index is 12.2. The minimum absolute atomic E-state index is 0.00263. The van der Waals surface area contributed by atoms with E-state index in [0.717, 1.165) is 30.7 Å². The second-order valence-corrected chi connectivity index (χ2v) is 6.21. The van der Waals surface area contributed by atoms with Crippen molar-refractivity contribution in [3.05, 3.63) is 45.2 Å². The second-order valence-electron chi connectivity index (χ2n) is 5.77. The van der Waals surface area contributed by atoms with Crippen LogP contribution in [0.25, 0.3) is 10.9 Å². The number of nitrogens with one attached hydrogen (secondary N) is 2. The van der Waals surface area contributed by atoms with E-state index in [0.29, 0.717) is 17.0 Å². The molecule has 1 aliphatic heterocycles. The van der Waals surface area contributed by atoms with E-state index in [9.17, 15) is 9.59 Å². The molecule has 0 bridgehead atoms. The van der Waals surface area contributed by atoms with Crippen LogP contribution in [0.4, 0.5) is 0 Å². The van der Waals surface area contributed by atoms with Crippen LogP contribution in [-0.2, 0) is 11.3 Å². The van der Waals surface area contributed by atoms with Crippen molar-refractivity contribution in [2.75, 3.05) is 13.1 Å². The molecule has 2 N–H and O–H groups in total. The first-order valence-corrected chi connectivity index (χ1v) is 7.70. The van der Waals surface area contributed by atoms with Crippen molar-refractivity contribution >= 4 is 28.4 Å². The van der Waals surface area contributed by atoms with E-state index in [1.807, 2.05) is 6.07 Å². The number of nitrogens with zero attached hydrogens (tertiary/aromatic N) is 1. The standard InChI is InChI=1S/C16H18ClN3O2/c1-10(21)18-12-4-5-20(8-12)9-13-7-16(22)14-6-11(17)2-3-15(14)19-13/h2-3,6-7,12H,4-5,8-9H2,1H3,(H,18,21)(H,19,22)/t12-/m0/s1. The first-order valence-electron chi connectivity index (χ1n) is 7.32. The number of fused-ring (bicyclic) bond motifs is 1. The first kappa shape index (κ1) is 15.1. The van der Waals surface area contributed by atoms with Gasteiger partial charge in [0.05, 0.1) is 0 Å². The van der Waals surface area contributed by atoms with E-state index in [1.54, 1.807) is 18.2 Å². The largest absolute Gasteiger partial charge is 0.357 e. The van der Waals surface area contributed by atoms with Crippen LogP contribution in [0.3, 0.4) is 0 Å². The number of amides is 1. The average molecular weight is 320 g/mol. The summed E-state index contributed by atoms with van der Waals surface area (Å²) >= 11 is 5.93. The average Bonchev–Trinajstić information content (AvgIpc) is 2.86. The number of rotatable bonds is 3. The number of hydrogen-bond acceptors (Lipinski definition) is 3. The van der Waals surface area contributed by atoms with E-state index in [2.05, 4.69) is 15.2 Å². The number of aromatic nitrogens is 1. The predicted molar refractivity (Wildman–Crippen MR) is 87.1 cm³/mol. The van der Waals surface area contributed by atoms with Crippen LogP contribution in [-0.4, -0.2) is 34.9 Å². The van der Waals surface area contributed by atoms with Gasteiger partial charge in [0, 0.05) is 60.3 Å². The number of H-pyrrole nitrogens is 1. The molecule has 0 aliphatic carbocycles. The van der Waals surface area contributed by atoms with Crippen LogP contribution in [0.2, 0.25) is 5.02 Å². The van der Waals surface area contributed by atoms with Gasteiger partial charge in [-0.15, -0.1) is 0 Å². The molecule has 0 spiro atoms. The third-order valence-electron chi connectivity index (χ3n) is 3.92. The summed E-state index contributed by atoms with van der Waals surface area (Å²) in [6, 6.07) is 7.11. The van der Waals surface area contributed by atoms with E-state index in [-0.39, 0.29) is 17.4 Å². The molecule has 6 heteroatoms. The fourth-order valence-electron chi connectivity index (χ4n) is 2.98. The fourth-order valence-corrected chi connectivity index (χ4v) is 3.15. The molecule has 1 saturated heterocycles. The highest BCUT2D eigenvalue weighted by atomic mass is 35.5. The van der Waals surface area contributed by atoms with Crippen molar-refractivity contribution < 1.29 is 4.79 Å². The number of aromatic amines is 1. The monoisotopic (exact) mass is 319 g/mol. The highest BCUT2D eigenvalue weighted by Crippen LogP contribution is 2.17. The number of pyridine rings is 1. The maximum Gasteiger partial charge on any atom is 0.217 e. The van der Waals surface area contributed by atoms with Gasteiger partial charge in [-0.3, -0.25) is 14.5 Å². The lowest BCUT2D eigenvalue weighted by atomic mass is 10.2. The number of carbonyl (C=O) groups excluding carboxylic acids is 1. The van der Waals surface area contributed by atoms with Crippen LogP contribution in [0.15, 0.2) is 29.1 Å². The predicted octanol–water partition coefficient (Wildman–Crippen LogP) is 1.89. The van der Waals surface area contributed by atoms with Crippen molar-refractivity contribution in [1.82, 2.24) is 15.2 Å². The zero-order chi connectivity index (χ0) is 15.7. The molecule has 1 aromatic carbocycles. The van der Waals surface area contributed by atoms with Crippen molar-refractivity contribution in [3.63, 3.8) is 0 Å². The summed E-state index contributed by atoms with van der Waals surface area (Å²) in [4.78, 5) is 28.8. The number of carbonyl (C=O) groups is 1. The lowest BCUT2D eigenvalue weighted by Gasteiger charge is -2.16. The minimum Gasteiger partial charge on any atom is -0.357 e. The maximum atomic E-state index is 12.2. The fraction of sp³-hybridized carbons (Fsp3) is 0.375. The van der Waals surface area contributed by atoms with E-state index in [1.165, 1.54) is 6.92 Å². The van der Waals surface area contributed by atoms with E-state index < -0.39 is 0 Å². The summed E-state index contributed by atoms with van der Waals surface area (Å²) in [7, 11) is 0. The van der Waals surface area contributed by atoms with Crippen LogP contribution in [0.5, 0.6) is 0 Å². The third-order valence-corrected chi connectivity index (χ3v) is 4.16. The normalized spacial score (nSPS) is 18.7. The Balaban J connectivity index is 1.76. The van der Waals surface area contributed by atoms with Crippen LogP contribution in [0.1, 0.15) is 19.0 Å². The summed E-state index contributed by atoms with van der Waals surface area (Å²) < 4.78 is 0. The van der Waals surface area contributed by atoms with Gasteiger partial charge in [0.2, 0.25) is 5.91 Å². The molecule has 5 nitrogen and oxygen atoms in total. The van der Waals surface area contributed by atoms with Crippen LogP contribution >= 0.6 is 11.6 Å². The van der Waals surface area contributed by atoms with Gasteiger partial charge in [0.15, 0.2) is 5.43 Å². The van der Waals surface area contributed by atoms with Gasteiger partial charge in [-0.1, -0.05) is 11.6 Å². The molecule has 0 unspecified atom stereocenters. The topological polar surface area (TPSA) is 65.2 Å². The van der Waals surface area contributed by atoms with Crippen molar-refractivity contribution in [3.8, 4) is 0 Å². The van der Waals surface area contributed by atoms with Gasteiger partial charge in [0.25, 0.3) is 0 Å². The van der Waals surface area contributed by atoms with E-state index >= 15 is 0 Å². The van der Waals surface area contributed by atoms with Crippen LogP contribution < -0.4 is 10.7 Å². The third kappa shape index (κ3) is 3.31. The highest BCUT2D eigenvalue weighted by Gasteiger charge is 2.23. The van der Waals surface area contributed by atoms with E-state index in [4.69, 9.17) is 11.6 Å². The molecule has 2 heterocycles. The molecule has 116 valence electrons. The van der Waals surface area contributed by atoms with Gasteiger partial charge in [-0.2, -0.15) is 0 Å². The Kier molecular flexibility index (Phi) is 4.18. The lowest BCUT2D eigenvalue weighted by molar-refractivity contribution is -0.119. The highest BCUT2D eigenvalue weighted by molar-refractivity contribution is 6.31. The quantitative estimate of drug-likeness (QED) is 0.908. The molecular formula is C16H18ClN3O2. The smallest absolute Gasteiger partial charge is 0.217 e. The number of hydrogen-bond donors (Lipinski definition) is 2. The molecule has 1 aromatic heterocycles. The van der Waals surface area contributed by atoms with Crippen molar-refractivity contribution in [2.45, 2.75) is 25.9 Å². The Hall–Kier alpha value is -1.85. The molecule has 3 rings (SSSR count). The van der Waals surface area contributed by atoms with Gasteiger partial charge >= 0.3 is 0 Å². The number of likely N-dealkylation sites (tertiary alicyclic amines) is 1. The summed E-state index contributed by atoms with van der Waals surface area (Å²) in [5.74, 6) is 0.00263. The molecule has 0 radical (unpaired) electrons. The van der Waals surface area contributed by atoms with Crippen LogP contribution in [0, 0.1) is 0 Å². The zero-order valence-electron chi connectivity index (χ0n) is 12.4. The molecule has 1 amide bonds. The Morgan fingerprint density at radius 3 is 3.05 bits per heavy atom. The number of halogens is 1. The summed E-state index contributed by atoms with van der Waals surface area (Å²) in [6.07, 6.45) is 0.938. The molecule has 2 aromatic rings. The molecular weight excluding hydrogens is 302 g/mol. The van der Waals surface area contributed by atoms with Gasteiger partial charge < -0.3 is 10.3 Å². The van der Waals surface area contributed by atoms with Crippen molar-refractivity contribution in [1.29, 1.82) is 0 Å². The summed E-state index contributed by atoms with van der Waals surface area (Å²) in [5.41, 5.74) is 1.65. The Morgan fingerprint density at radius 2 is 2.27 bits per heavy atom. The number of benzene rings is 1. The Morgan fingerprint density at radius 1 is 1.45 bits per heavy atom. The first-order chi connectivity index (χ1) is 10.5. The van der Waals surface area contributed by atoms with Gasteiger partial charge in [-0.05, 0) is 24.6 Å². The lowest BCUT2D eigenvalue weighted by Crippen LogP contribution is -2.35. The molecule has 1 atom stereocenters. The molecule has 1 aliphatic rings. The minimum atomic E-state index is -0.0242. The molecule has 0 saturated carbocycles. The Labute approximate surface area is 133 Å². The van der Waals surface area contributed by atoms with Crippen molar-refractivity contribution in [2.24, 2.45) is 0 Å². The summed E-state index contributed by atoms with van der Waals surface area (Å²) in [5, 5.41) is 4.10. The second kappa shape index (κ2) is 6.10. The SMILES string of the molecule is CC(=O)N[C@H]1CCN(Cc2cc(=O)c3cc(Cl)ccc3[nH]2)C1. The molecule has 22 heavy (non-hydrogen) atoms. The zero-order valence-corrected chi connectivity index (χ0v) is 13.1. The summed E-state index contributed by atoms with van der Waals surface area (Å²) in [6.45, 7) is 3.92. The molecule has 1 fully saturated rings. The van der Waals surface area contributed by atoms with Gasteiger partial charge in [-0.25, -0.2) is 0 Å². The Bertz CT molecular complexity index is 772.